The molecule has 0 radical (unpaired) electrons. The second-order valence-corrected chi connectivity index (χ2v) is 4.17. The van der Waals surface area contributed by atoms with Crippen molar-refractivity contribution < 1.29 is 4.79 Å². The Balaban J connectivity index is 2.23. The molecule has 0 spiro atoms. The molecule has 0 atom stereocenters. The highest BCUT2D eigenvalue weighted by Crippen LogP contribution is 2.16. The van der Waals surface area contributed by atoms with E-state index in [1.165, 1.54) is 6.20 Å². The van der Waals surface area contributed by atoms with Crippen molar-refractivity contribution in [2.75, 3.05) is 0 Å². The Kier molecular flexibility index (Phi) is 3.71. The van der Waals surface area contributed by atoms with Gasteiger partial charge in [0.2, 0.25) is 0 Å². The van der Waals surface area contributed by atoms with Crippen molar-refractivity contribution in [2.24, 2.45) is 0 Å². The van der Waals surface area contributed by atoms with E-state index in [0.717, 1.165) is 5.56 Å². The summed E-state index contributed by atoms with van der Waals surface area (Å²) in [6.07, 6.45) is 3.31. The van der Waals surface area contributed by atoms with Crippen molar-refractivity contribution in [3.63, 3.8) is 0 Å². The van der Waals surface area contributed by atoms with Crippen LogP contribution in [0, 0.1) is 11.3 Å². The average molecular weight is 257 g/mol. The molecule has 18 heavy (non-hydrogen) atoms. The van der Waals surface area contributed by atoms with E-state index in [4.69, 9.17) is 16.9 Å². The van der Waals surface area contributed by atoms with E-state index in [2.05, 4.69) is 4.98 Å². The van der Waals surface area contributed by atoms with Crippen LogP contribution in [-0.2, 0) is 6.42 Å². The van der Waals surface area contributed by atoms with E-state index >= 15 is 0 Å². The number of benzene rings is 1. The fourth-order valence-corrected chi connectivity index (χ4v) is 1.77. The van der Waals surface area contributed by atoms with Crippen LogP contribution in [0.2, 0.25) is 5.02 Å². The van der Waals surface area contributed by atoms with Gasteiger partial charge in [0, 0.05) is 24.4 Å². The van der Waals surface area contributed by atoms with Gasteiger partial charge >= 0.3 is 0 Å². The molecular weight excluding hydrogens is 248 g/mol. The minimum atomic E-state index is -0.0693. The zero-order valence-electron chi connectivity index (χ0n) is 9.43. The predicted octanol–water partition coefficient (Wildman–Crippen LogP) is 3.03. The van der Waals surface area contributed by atoms with Gasteiger partial charge in [-0.2, -0.15) is 5.26 Å². The van der Waals surface area contributed by atoms with Gasteiger partial charge in [0.15, 0.2) is 5.78 Å². The molecule has 0 aliphatic heterocycles. The van der Waals surface area contributed by atoms with Crippen LogP contribution < -0.4 is 0 Å². The number of ketones is 1. The van der Waals surface area contributed by atoms with Gasteiger partial charge in [-0.3, -0.25) is 9.78 Å². The molecule has 0 saturated carbocycles. The Morgan fingerprint density at radius 3 is 2.94 bits per heavy atom. The smallest absolute Gasteiger partial charge is 0.167 e. The Bertz CT molecular complexity index is 632. The van der Waals surface area contributed by atoms with Crippen molar-refractivity contribution in [3.05, 3.63) is 64.4 Å². The lowest BCUT2D eigenvalue weighted by atomic mass is 10.0. The van der Waals surface area contributed by atoms with Crippen LogP contribution in [0.25, 0.3) is 0 Å². The first-order valence-corrected chi connectivity index (χ1v) is 5.70. The van der Waals surface area contributed by atoms with Crippen molar-refractivity contribution >= 4 is 17.4 Å². The summed E-state index contributed by atoms with van der Waals surface area (Å²) in [5, 5.41) is 9.26. The molecule has 0 fully saturated rings. The van der Waals surface area contributed by atoms with Crippen LogP contribution >= 0.6 is 11.6 Å². The lowest BCUT2D eigenvalue weighted by molar-refractivity contribution is 0.0993. The fraction of sp³-hybridized carbons (Fsp3) is 0.0714. The maximum Gasteiger partial charge on any atom is 0.167 e. The van der Waals surface area contributed by atoms with Crippen LogP contribution in [0.4, 0.5) is 0 Å². The van der Waals surface area contributed by atoms with Gasteiger partial charge in [0.25, 0.3) is 0 Å². The molecular formula is C14H9ClN2O. The van der Waals surface area contributed by atoms with E-state index < -0.39 is 0 Å². The highest BCUT2D eigenvalue weighted by Gasteiger charge is 2.10. The zero-order chi connectivity index (χ0) is 13.0. The largest absolute Gasteiger partial charge is 0.294 e. The van der Waals surface area contributed by atoms with Crippen LogP contribution in [0.15, 0.2) is 42.7 Å². The molecule has 1 aromatic heterocycles. The number of nitrogens with zero attached hydrogens (tertiary/aromatic N) is 2. The molecule has 2 aromatic rings. The maximum atomic E-state index is 12.0. The molecule has 88 valence electrons. The lowest BCUT2D eigenvalue weighted by Gasteiger charge is -2.03. The maximum absolute atomic E-state index is 12.0. The lowest BCUT2D eigenvalue weighted by Crippen LogP contribution is -2.04. The number of carbonyl (C=O) groups is 1. The Morgan fingerprint density at radius 1 is 1.39 bits per heavy atom. The van der Waals surface area contributed by atoms with E-state index in [9.17, 15) is 4.79 Å². The topological polar surface area (TPSA) is 53.8 Å². The third-order valence-corrected chi connectivity index (χ3v) is 2.86. The molecule has 0 bridgehead atoms. The van der Waals surface area contributed by atoms with Crippen LogP contribution in [0.1, 0.15) is 21.5 Å². The van der Waals surface area contributed by atoms with E-state index in [0.29, 0.717) is 16.1 Å². The summed E-state index contributed by atoms with van der Waals surface area (Å²) < 4.78 is 0. The van der Waals surface area contributed by atoms with Gasteiger partial charge in [-0.1, -0.05) is 23.7 Å². The highest BCUT2D eigenvalue weighted by molar-refractivity contribution is 6.31. The van der Waals surface area contributed by atoms with Gasteiger partial charge in [0.05, 0.1) is 16.7 Å². The predicted molar refractivity (Wildman–Crippen MR) is 68.4 cm³/mol. The van der Waals surface area contributed by atoms with Gasteiger partial charge < -0.3 is 0 Å². The number of hydrogen-bond donors (Lipinski definition) is 0. The average Bonchev–Trinajstić information content (AvgIpc) is 2.41. The molecule has 0 aliphatic rings. The minimum Gasteiger partial charge on any atom is -0.294 e. The van der Waals surface area contributed by atoms with Gasteiger partial charge in [-0.05, 0) is 23.8 Å². The second-order valence-electron chi connectivity index (χ2n) is 3.76. The third-order valence-electron chi connectivity index (χ3n) is 2.52. The molecule has 0 N–H and O–H groups in total. The Labute approximate surface area is 110 Å². The molecule has 1 heterocycles. The second kappa shape index (κ2) is 5.44. The van der Waals surface area contributed by atoms with E-state index in [1.807, 2.05) is 6.07 Å². The first-order chi connectivity index (χ1) is 8.70. The minimum absolute atomic E-state index is 0.0693. The summed E-state index contributed by atoms with van der Waals surface area (Å²) in [4.78, 5) is 15.9. The summed E-state index contributed by atoms with van der Waals surface area (Å²) in [6, 6.07) is 10.4. The standard InChI is InChI=1S/C14H9ClN2O/c15-13-9-17-5-4-11(13)7-14(18)12-3-1-2-10(6-12)8-16/h1-6,9H,7H2. The number of pyridine rings is 1. The Morgan fingerprint density at radius 2 is 2.22 bits per heavy atom. The van der Waals surface area contributed by atoms with Crippen LogP contribution in [0.3, 0.4) is 0 Å². The van der Waals surface area contributed by atoms with Crippen molar-refractivity contribution in [1.82, 2.24) is 4.98 Å². The number of nitriles is 1. The molecule has 4 heteroatoms. The molecule has 0 amide bonds. The first-order valence-electron chi connectivity index (χ1n) is 5.32. The summed E-state index contributed by atoms with van der Waals surface area (Å²) in [5.41, 5.74) is 1.72. The van der Waals surface area contributed by atoms with Crippen molar-refractivity contribution in [1.29, 1.82) is 5.26 Å². The number of carbonyl (C=O) groups excluding carboxylic acids is 1. The van der Waals surface area contributed by atoms with Crippen LogP contribution in [0.5, 0.6) is 0 Å². The monoisotopic (exact) mass is 256 g/mol. The van der Waals surface area contributed by atoms with E-state index in [1.54, 1.807) is 36.5 Å². The molecule has 3 nitrogen and oxygen atoms in total. The third kappa shape index (κ3) is 2.73. The SMILES string of the molecule is N#Cc1cccc(C(=O)Cc2ccncc2Cl)c1. The quantitative estimate of drug-likeness (QED) is 0.793. The highest BCUT2D eigenvalue weighted by atomic mass is 35.5. The number of rotatable bonds is 3. The molecule has 1 aromatic carbocycles. The number of aromatic nitrogens is 1. The molecule has 0 saturated heterocycles. The van der Waals surface area contributed by atoms with Gasteiger partial charge in [-0.25, -0.2) is 0 Å². The summed E-state index contributed by atoms with van der Waals surface area (Å²) >= 11 is 5.95. The van der Waals surface area contributed by atoms with E-state index in [-0.39, 0.29) is 12.2 Å². The fourth-order valence-electron chi connectivity index (χ4n) is 1.58. The van der Waals surface area contributed by atoms with Gasteiger partial charge in [0.1, 0.15) is 0 Å². The number of hydrogen-bond acceptors (Lipinski definition) is 3. The molecule has 2 rings (SSSR count). The first kappa shape index (κ1) is 12.3. The summed E-state index contributed by atoms with van der Waals surface area (Å²) in [7, 11) is 0. The zero-order valence-corrected chi connectivity index (χ0v) is 10.2. The number of Topliss-reactive ketones (excluding diaryl/α,β-unsaturated/α-hetero) is 1. The summed E-state index contributed by atoms with van der Waals surface area (Å²) in [5.74, 6) is -0.0693. The summed E-state index contributed by atoms with van der Waals surface area (Å²) in [6.45, 7) is 0. The molecule has 0 unspecified atom stereocenters. The van der Waals surface area contributed by atoms with Gasteiger partial charge in [-0.15, -0.1) is 0 Å². The van der Waals surface area contributed by atoms with Crippen molar-refractivity contribution in [2.45, 2.75) is 6.42 Å². The number of halogens is 1. The Hall–Kier alpha value is -2.18. The van der Waals surface area contributed by atoms with Crippen LogP contribution in [-0.4, -0.2) is 10.8 Å². The molecule has 0 aliphatic carbocycles. The van der Waals surface area contributed by atoms with Crippen molar-refractivity contribution in [3.8, 4) is 6.07 Å². The normalized spacial score (nSPS) is 9.78.